The number of ether oxygens (including phenoxy) is 1. The van der Waals surface area contributed by atoms with Crippen molar-refractivity contribution in [2.45, 2.75) is 25.3 Å². The molecular weight excluding hydrogens is 152 g/mol. The van der Waals surface area contributed by atoms with Gasteiger partial charge in [0.1, 0.15) is 0 Å². The van der Waals surface area contributed by atoms with E-state index in [1.807, 2.05) is 0 Å². The Morgan fingerprint density at radius 1 is 1.42 bits per heavy atom. The summed E-state index contributed by atoms with van der Waals surface area (Å²) in [4.78, 5) is 2.44. The minimum Gasteiger partial charge on any atom is -0.383 e. The van der Waals surface area contributed by atoms with Crippen LogP contribution >= 0.6 is 0 Å². The molecule has 1 rings (SSSR count). The number of hydrogen-bond acceptors (Lipinski definition) is 3. The molecule has 0 amide bonds. The highest BCUT2D eigenvalue weighted by Crippen LogP contribution is 2.08. The molecule has 3 heteroatoms. The van der Waals surface area contributed by atoms with Crippen molar-refractivity contribution >= 4 is 0 Å². The number of nitrogens with zero attached hydrogens (tertiary/aromatic N) is 1. The van der Waals surface area contributed by atoms with E-state index in [0.29, 0.717) is 6.04 Å². The van der Waals surface area contributed by atoms with E-state index in [2.05, 4.69) is 4.90 Å². The molecule has 1 heterocycles. The standard InChI is InChI=1S/C9H20N2O/c1-12-8-7-11-5-2-3-9(10)4-6-11/h9H,2-8,10H2,1H3. The maximum absolute atomic E-state index is 5.87. The highest BCUT2D eigenvalue weighted by molar-refractivity contribution is 4.71. The van der Waals surface area contributed by atoms with Crippen LogP contribution in [0.2, 0.25) is 0 Å². The maximum Gasteiger partial charge on any atom is 0.0589 e. The zero-order valence-electron chi connectivity index (χ0n) is 7.96. The van der Waals surface area contributed by atoms with Crippen molar-refractivity contribution in [1.82, 2.24) is 4.90 Å². The van der Waals surface area contributed by atoms with Gasteiger partial charge in [-0.2, -0.15) is 0 Å². The second kappa shape index (κ2) is 5.51. The van der Waals surface area contributed by atoms with Crippen LogP contribution < -0.4 is 5.73 Å². The largest absolute Gasteiger partial charge is 0.383 e. The molecule has 1 fully saturated rings. The smallest absolute Gasteiger partial charge is 0.0589 e. The Kier molecular flexibility index (Phi) is 4.58. The number of nitrogens with two attached hydrogens (primary N) is 1. The van der Waals surface area contributed by atoms with Gasteiger partial charge in [0, 0.05) is 19.7 Å². The Bertz CT molecular complexity index is 117. The molecule has 3 nitrogen and oxygen atoms in total. The van der Waals surface area contributed by atoms with Crippen LogP contribution in [0.3, 0.4) is 0 Å². The van der Waals surface area contributed by atoms with E-state index in [1.54, 1.807) is 7.11 Å². The summed E-state index contributed by atoms with van der Waals surface area (Å²) in [7, 11) is 1.75. The second-order valence-electron chi connectivity index (χ2n) is 3.53. The lowest BCUT2D eigenvalue weighted by atomic mass is 10.1. The van der Waals surface area contributed by atoms with Crippen molar-refractivity contribution in [1.29, 1.82) is 0 Å². The fraction of sp³-hybridized carbons (Fsp3) is 1.00. The lowest BCUT2D eigenvalue weighted by Gasteiger charge is -2.18. The Labute approximate surface area is 74.9 Å². The lowest BCUT2D eigenvalue weighted by molar-refractivity contribution is 0.150. The fourth-order valence-electron chi connectivity index (χ4n) is 1.63. The number of hydrogen-bond donors (Lipinski definition) is 1. The number of rotatable bonds is 3. The van der Waals surface area contributed by atoms with Crippen LogP contribution in [0.4, 0.5) is 0 Å². The first-order valence-corrected chi connectivity index (χ1v) is 4.80. The molecule has 1 aliphatic heterocycles. The van der Waals surface area contributed by atoms with Gasteiger partial charge in [0.05, 0.1) is 6.61 Å². The zero-order chi connectivity index (χ0) is 8.81. The molecule has 2 N–H and O–H groups in total. The van der Waals surface area contributed by atoms with Crippen molar-refractivity contribution in [3.05, 3.63) is 0 Å². The van der Waals surface area contributed by atoms with Gasteiger partial charge in [0.25, 0.3) is 0 Å². The summed E-state index contributed by atoms with van der Waals surface area (Å²) >= 11 is 0. The molecular formula is C9H20N2O. The Morgan fingerprint density at radius 3 is 3.00 bits per heavy atom. The summed E-state index contributed by atoms with van der Waals surface area (Å²) in [5, 5.41) is 0. The van der Waals surface area contributed by atoms with Gasteiger partial charge in [-0.15, -0.1) is 0 Å². The normalized spacial score (nSPS) is 27.0. The highest BCUT2D eigenvalue weighted by Gasteiger charge is 2.12. The van der Waals surface area contributed by atoms with Crippen LogP contribution in [-0.2, 0) is 4.74 Å². The summed E-state index contributed by atoms with van der Waals surface area (Å²) in [6, 6.07) is 0.428. The van der Waals surface area contributed by atoms with E-state index in [4.69, 9.17) is 10.5 Å². The van der Waals surface area contributed by atoms with Crippen molar-refractivity contribution in [3.63, 3.8) is 0 Å². The van der Waals surface area contributed by atoms with Crippen LogP contribution in [-0.4, -0.2) is 44.3 Å². The third-order valence-electron chi connectivity index (χ3n) is 2.48. The monoisotopic (exact) mass is 172 g/mol. The number of methoxy groups -OCH3 is 1. The van der Waals surface area contributed by atoms with Crippen molar-refractivity contribution in [3.8, 4) is 0 Å². The van der Waals surface area contributed by atoms with Gasteiger partial charge in [-0.3, -0.25) is 0 Å². The van der Waals surface area contributed by atoms with Gasteiger partial charge in [0.2, 0.25) is 0 Å². The summed E-state index contributed by atoms with van der Waals surface area (Å²) in [5.74, 6) is 0. The maximum atomic E-state index is 5.87. The Morgan fingerprint density at radius 2 is 2.25 bits per heavy atom. The number of likely N-dealkylation sites (tertiary alicyclic amines) is 1. The molecule has 0 aromatic heterocycles. The van der Waals surface area contributed by atoms with E-state index >= 15 is 0 Å². The molecule has 0 saturated carbocycles. The van der Waals surface area contributed by atoms with Gasteiger partial charge in [-0.1, -0.05) is 0 Å². The van der Waals surface area contributed by atoms with Gasteiger partial charge >= 0.3 is 0 Å². The minimum atomic E-state index is 0.428. The molecule has 0 radical (unpaired) electrons. The molecule has 0 spiro atoms. The molecule has 72 valence electrons. The predicted octanol–water partition coefficient (Wildman–Crippen LogP) is 0.446. The van der Waals surface area contributed by atoms with E-state index in [9.17, 15) is 0 Å². The highest BCUT2D eigenvalue weighted by atomic mass is 16.5. The first-order valence-electron chi connectivity index (χ1n) is 4.80. The topological polar surface area (TPSA) is 38.5 Å². The third-order valence-corrected chi connectivity index (χ3v) is 2.48. The molecule has 1 atom stereocenters. The van der Waals surface area contributed by atoms with Crippen molar-refractivity contribution in [2.75, 3.05) is 33.4 Å². The van der Waals surface area contributed by atoms with Gasteiger partial charge in [0.15, 0.2) is 0 Å². The first-order chi connectivity index (χ1) is 5.83. The van der Waals surface area contributed by atoms with Crippen molar-refractivity contribution in [2.24, 2.45) is 5.73 Å². The van der Waals surface area contributed by atoms with Gasteiger partial charge in [-0.05, 0) is 32.4 Å². The van der Waals surface area contributed by atoms with Crippen molar-refractivity contribution < 1.29 is 4.74 Å². The average molecular weight is 172 g/mol. The molecule has 0 aromatic rings. The fourth-order valence-corrected chi connectivity index (χ4v) is 1.63. The molecule has 0 aromatic carbocycles. The van der Waals surface area contributed by atoms with E-state index in [1.165, 1.54) is 19.4 Å². The Balaban J connectivity index is 2.17. The summed E-state index contributed by atoms with van der Waals surface area (Å²) in [6.45, 7) is 4.24. The zero-order valence-corrected chi connectivity index (χ0v) is 7.96. The Hall–Kier alpha value is -0.120. The van der Waals surface area contributed by atoms with Crippen LogP contribution in [0.1, 0.15) is 19.3 Å². The molecule has 0 aliphatic carbocycles. The summed E-state index contributed by atoms with van der Waals surface area (Å²) in [6.07, 6.45) is 3.57. The molecule has 1 aliphatic rings. The van der Waals surface area contributed by atoms with Crippen LogP contribution in [0.25, 0.3) is 0 Å². The average Bonchev–Trinajstić information content (AvgIpc) is 2.27. The van der Waals surface area contributed by atoms with E-state index in [-0.39, 0.29) is 0 Å². The van der Waals surface area contributed by atoms with Crippen LogP contribution in [0.15, 0.2) is 0 Å². The predicted molar refractivity (Wildman–Crippen MR) is 50.1 cm³/mol. The van der Waals surface area contributed by atoms with E-state index in [0.717, 1.165) is 26.1 Å². The van der Waals surface area contributed by atoms with Crippen LogP contribution in [0.5, 0.6) is 0 Å². The second-order valence-corrected chi connectivity index (χ2v) is 3.53. The van der Waals surface area contributed by atoms with Crippen LogP contribution in [0, 0.1) is 0 Å². The first kappa shape index (κ1) is 9.96. The third kappa shape index (κ3) is 3.52. The quantitative estimate of drug-likeness (QED) is 0.671. The molecule has 12 heavy (non-hydrogen) atoms. The molecule has 0 bridgehead atoms. The summed E-state index contributed by atoms with van der Waals surface area (Å²) < 4.78 is 5.04. The SMILES string of the molecule is COCCN1CCCC(N)CC1. The van der Waals surface area contributed by atoms with E-state index < -0.39 is 0 Å². The van der Waals surface area contributed by atoms with Gasteiger partial charge < -0.3 is 15.4 Å². The molecule has 1 saturated heterocycles. The van der Waals surface area contributed by atoms with Gasteiger partial charge in [-0.25, -0.2) is 0 Å². The lowest BCUT2D eigenvalue weighted by Crippen LogP contribution is -2.29. The summed E-state index contributed by atoms with van der Waals surface area (Å²) in [5.41, 5.74) is 5.87. The minimum absolute atomic E-state index is 0.428. The molecule has 1 unspecified atom stereocenters.